The Bertz CT molecular complexity index is 515. The van der Waals surface area contributed by atoms with Gasteiger partial charge in [-0.15, -0.1) is 12.4 Å². The summed E-state index contributed by atoms with van der Waals surface area (Å²) < 4.78 is 10.3. The van der Waals surface area contributed by atoms with E-state index in [0.29, 0.717) is 17.6 Å². The lowest BCUT2D eigenvalue weighted by Crippen LogP contribution is -2.19. The molecule has 2 aromatic rings. The van der Waals surface area contributed by atoms with Gasteiger partial charge in [0.1, 0.15) is 0 Å². The molecule has 2 rings (SSSR count). The molecule has 0 bridgehead atoms. The number of nitrogens with zero attached hydrogens (tertiary/aromatic N) is 3. The Hall–Kier alpha value is -1.66. The van der Waals surface area contributed by atoms with Crippen LogP contribution >= 0.6 is 12.4 Å². The number of halogens is 1. The molecule has 0 fully saturated rings. The third-order valence-electron chi connectivity index (χ3n) is 2.72. The average molecular weight is 299 g/mol. The highest BCUT2D eigenvalue weighted by Gasteiger charge is 2.14. The first kappa shape index (κ1) is 16.4. The zero-order valence-electron chi connectivity index (χ0n) is 11.8. The van der Waals surface area contributed by atoms with E-state index in [1.54, 1.807) is 19.4 Å². The van der Waals surface area contributed by atoms with E-state index in [4.69, 9.17) is 9.26 Å². The summed E-state index contributed by atoms with van der Waals surface area (Å²) >= 11 is 0. The third kappa shape index (κ3) is 3.91. The van der Waals surface area contributed by atoms with Gasteiger partial charge in [-0.3, -0.25) is 0 Å². The number of hydrogen-bond acceptors (Lipinski definition) is 6. The van der Waals surface area contributed by atoms with Gasteiger partial charge in [0.2, 0.25) is 17.6 Å². The Morgan fingerprint density at radius 1 is 1.40 bits per heavy atom. The summed E-state index contributed by atoms with van der Waals surface area (Å²) in [5.74, 6) is 1.68. The standard InChI is InChI=1S/C13H18N4O2.ClH/c1-4-7-14-9(2)13-16-12(17-19-13)10-5-6-11(18-3)15-8-10;/h5-6,8-9,14H,4,7H2,1-3H3;1H. The molecule has 0 aliphatic rings. The highest BCUT2D eigenvalue weighted by molar-refractivity contribution is 5.85. The van der Waals surface area contributed by atoms with Crippen molar-refractivity contribution in [2.45, 2.75) is 26.3 Å². The average Bonchev–Trinajstić information content (AvgIpc) is 2.94. The van der Waals surface area contributed by atoms with Gasteiger partial charge in [-0.25, -0.2) is 4.98 Å². The van der Waals surface area contributed by atoms with Crippen LogP contribution in [0.4, 0.5) is 0 Å². The lowest BCUT2D eigenvalue weighted by Gasteiger charge is -2.06. The van der Waals surface area contributed by atoms with Crippen molar-refractivity contribution < 1.29 is 9.26 Å². The molecule has 0 amide bonds. The molecule has 0 aromatic carbocycles. The van der Waals surface area contributed by atoms with Crippen LogP contribution in [0.3, 0.4) is 0 Å². The van der Waals surface area contributed by atoms with E-state index in [1.165, 1.54) is 0 Å². The molecule has 2 aromatic heterocycles. The van der Waals surface area contributed by atoms with Crippen molar-refractivity contribution in [2.75, 3.05) is 13.7 Å². The maximum Gasteiger partial charge on any atom is 0.243 e. The zero-order chi connectivity index (χ0) is 13.7. The van der Waals surface area contributed by atoms with E-state index in [1.807, 2.05) is 13.0 Å². The van der Waals surface area contributed by atoms with E-state index >= 15 is 0 Å². The minimum Gasteiger partial charge on any atom is -0.481 e. The fourth-order valence-electron chi connectivity index (χ4n) is 1.61. The van der Waals surface area contributed by atoms with Gasteiger partial charge in [-0.1, -0.05) is 12.1 Å². The topological polar surface area (TPSA) is 73.1 Å². The van der Waals surface area contributed by atoms with Crippen LogP contribution < -0.4 is 10.1 Å². The molecule has 0 saturated carbocycles. The summed E-state index contributed by atoms with van der Waals surface area (Å²) in [7, 11) is 1.58. The summed E-state index contributed by atoms with van der Waals surface area (Å²) in [6.45, 7) is 5.03. The number of nitrogens with one attached hydrogen (secondary N) is 1. The Morgan fingerprint density at radius 2 is 2.20 bits per heavy atom. The minimum absolute atomic E-state index is 0. The van der Waals surface area contributed by atoms with Crippen molar-refractivity contribution in [1.29, 1.82) is 0 Å². The van der Waals surface area contributed by atoms with Crippen molar-refractivity contribution in [3.63, 3.8) is 0 Å². The SMILES string of the molecule is CCCNC(C)c1nc(-c2ccc(OC)nc2)no1.Cl. The molecule has 1 atom stereocenters. The van der Waals surface area contributed by atoms with Gasteiger partial charge < -0.3 is 14.6 Å². The second-order valence-electron chi connectivity index (χ2n) is 4.22. The number of ether oxygens (including phenoxy) is 1. The van der Waals surface area contributed by atoms with Crippen LogP contribution in [0.1, 0.15) is 32.2 Å². The lowest BCUT2D eigenvalue weighted by atomic mass is 10.2. The molecule has 0 aliphatic heterocycles. The van der Waals surface area contributed by atoms with Gasteiger partial charge in [0, 0.05) is 17.8 Å². The van der Waals surface area contributed by atoms with Crippen molar-refractivity contribution in [1.82, 2.24) is 20.4 Å². The van der Waals surface area contributed by atoms with Crippen LogP contribution in [0.25, 0.3) is 11.4 Å². The smallest absolute Gasteiger partial charge is 0.243 e. The number of aromatic nitrogens is 3. The van der Waals surface area contributed by atoms with Crippen LogP contribution in [-0.2, 0) is 0 Å². The summed E-state index contributed by atoms with van der Waals surface area (Å²) in [6.07, 6.45) is 2.73. The molecule has 110 valence electrons. The van der Waals surface area contributed by atoms with Crippen LogP contribution in [0.2, 0.25) is 0 Å². The molecular formula is C13H19ClN4O2. The largest absolute Gasteiger partial charge is 0.481 e. The molecule has 0 spiro atoms. The molecule has 0 radical (unpaired) electrons. The zero-order valence-corrected chi connectivity index (χ0v) is 12.6. The number of pyridine rings is 1. The second kappa shape index (κ2) is 7.81. The van der Waals surface area contributed by atoms with Crippen LogP contribution in [0.5, 0.6) is 5.88 Å². The first-order valence-electron chi connectivity index (χ1n) is 6.32. The molecule has 1 unspecified atom stereocenters. The molecule has 1 N–H and O–H groups in total. The molecule has 6 nitrogen and oxygen atoms in total. The van der Waals surface area contributed by atoms with Crippen LogP contribution in [0, 0.1) is 0 Å². The van der Waals surface area contributed by atoms with E-state index in [-0.39, 0.29) is 18.4 Å². The van der Waals surface area contributed by atoms with E-state index < -0.39 is 0 Å². The summed E-state index contributed by atoms with van der Waals surface area (Å²) in [5.41, 5.74) is 0.804. The summed E-state index contributed by atoms with van der Waals surface area (Å²) in [6, 6.07) is 3.67. The van der Waals surface area contributed by atoms with Crippen molar-refractivity contribution >= 4 is 12.4 Å². The third-order valence-corrected chi connectivity index (χ3v) is 2.72. The molecule has 20 heavy (non-hydrogen) atoms. The second-order valence-corrected chi connectivity index (χ2v) is 4.22. The van der Waals surface area contributed by atoms with Gasteiger partial charge >= 0.3 is 0 Å². The highest BCUT2D eigenvalue weighted by atomic mass is 35.5. The van der Waals surface area contributed by atoms with E-state index in [2.05, 4.69) is 27.4 Å². The Kier molecular flexibility index (Phi) is 6.41. The van der Waals surface area contributed by atoms with Crippen molar-refractivity contribution in [2.24, 2.45) is 0 Å². The van der Waals surface area contributed by atoms with Crippen LogP contribution in [0.15, 0.2) is 22.9 Å². The summed E-state index contributed by atoms with van der Waals surface area (Å²) in [5, 5.41) is 7.26. The van der Waals surface area contributed by atoms with E-state index in [0.717, 1.165) is 18.5 Å². The number of methoxy groups -OCH3 is 1. The molecule has 2 heterocycles. The monoisotopic (exact) mass is 298 g/mol. The van der Waals surface area contributed by atoms with Crippen molar-refractivity contribution in [3.05, 3.63) is 24.2 Å². The highest BCUT2D eigenvalue weighted by Crippen LogP contribution is 2.19. The first-order chi connectivity index (χ1) is 9.24. The lowest BCUT2D eigenvalue weighted by molar-refractivity contribution is 0.340. The van der Waals surface area contributed by atoms with Gasteiger partial charge in [0.25, 0.3) is 0 Å². The molecule has 0 aliphatic carbocycles. The maximum atomic E-state index is 5.25. The van der Waals surface area contributed by atoms with Crippen molar-refractivity contribution in [3.8, 4) is 17.3 Å². The number of hydrogen-bond donors (Lipinski definition) is 1. The van der Waals surface area contributed by atoms with Gasteiger partial charge in [0.05, 0.1) is 13.2 Å². The maximum absolute atomic E-state index is 5.25. The number of rotatable bonds is 6. The fourth-order valence-corrected chi connectivity index (χ4v) is 1.61. The van der Waals surface area contributed by atoms with Crippen LogP contribution in [-0.4, -0.2) is 28.8 Å². The van der Waals surface area contributed by atoms with Gasteiger partial charge in [-0.05, 0) is 26.0 Å². The quantitative estimate of drug-likeness (QED) is 0.884. The minimum atomic E-state index is 0. The summed E-state index contributed by atoms with van der Waals surface area (Å²) in [4.78, 5) is 8.49. The van der Waals surface area contributed by atoms with Gasteiger partial charge in [0.15, 0.2) is 0 Å². The fraction of sp³-hybridized carbons (Fsp3) is 0.462. The predicted octanol–water partition coefficient (Wildman–Crippen LogP) is 2.62. The normalized spacial score (nSPS) is 11.8. The van der Waals surface area contributed by atoms with E-state index in [9.17, 15) is 0 Å². The predicted molar refractivity (Wildman–Crippen MR) is 78.0 cm³/mol. The molecule has 7 heteroatoms. The Labute approximate surface area is 124 Å². The first-order valence-corrected chi connectivity index (χ1v) is 6.32. The Balaban J connectivity index is 0.00000200. The van der Waals surface area contributed by atoms with Gasteiger partial charge in [-0.2, -0.15) is 4.98 Å². The Morgan fingerprint density at radius 3 is 2.80 bits per heavy atom. The molecule has 0 saturated heterocycles. The molecular weight excluding hydrogens is 280 g/mol.